The number of carbonyl (C=O) groups is 1. The van der Waals surface area contributed by atoms with E-state index < -0.39 is 7.49 Å². The molecule has 0 aromatic heterocycles. The standard InChI is InChI=1S/C17H31O2P/c1-14(18)19-20(15-8-2-3-9-15,16-10-4-5-11-16)17-12-6-7-13-17/h15-17,20H,2-13H2,1H3. The Kier molecular flexibility index (Phi) is 4.70. The molecule has 0 aromatic carbocycles. The molecular formula is C17H31O2P. The molecule has 3 fully saturated rings. The van der Waals surface area contributed by atoms with Crippen molar-refractivity contribution >= 4 is 13.5 Å². The van der Waals surface area contributed by atoms with Crippen LogP contribution in [0.1, 0.15) is 84.0 Å². The van der Waals surface area contributed by atoms with Crippen LogP contribution >= 0.6 is 7.49 Å². The minimum atomic E-state index is -1.91. The van der Waals surface area contributed by atoms with Gasteiger partial charge in [-0.3, -0.25) is 0 Å². The Hall–Kier alpha value is -0.100. The maximum atomic E-state index is 11.9. The summed E-state index contributed by atoms with van der Waals surface area (Å²) in [6.07, 6.45) is 16.4. The fourth-order valence-corrected chi connectivity index (χ4v) is 12.6. The predicted molar refractivity (Wildman–Crippen MR) is 86.8 cm³/mol. The summed E-state index contributed by atoms with van der Waals surface area (Å²) in [7, 11) is -1.91. The van der Waals surface area contributed by atoms with Gasteiger partial charge in [0.2, 0.25) is 0 Å². The van der Waals surface area contributed by atoms with E-state index in [0.717, 1.165) is 17.0 Å². The van der Waals surface area contributed by atoms with Gasteiger partial charge in [-0.15, -0.1) is 0 Å². The SMILES string of the molecule is CC(=O)O[PH](C1CCCC1)(C1CCCC1)C1CCCC1. The molecule has 3 heteroatoms. The molecule has 0 aliphatic heterocycles. The summed E-state index contributed by atoms with van der Waals surface area (Å²) in [6.45, 7) is 1.67. The molecule has 3 aliphatic rings. The molecule has 116 valence electrons. The normalized spacial score (nSPS) is 27.2. The van der Waals surface area contributed by atoms with E-state index in [2.05, 4.69) is 0 Å². The van der Waals surface area contributed by atoms with Gasteiger partial charge >= 0.3 is 124 Å². The molecule has 0 unspecified atom stereocenters. The molecule has 0 bridgehead atoms. The molecule has 0 heterocycles. The number of rotatable bonds is 4. The Balaban J connectivity index is 1.93. The van der Waals surface area contributed by atoms with Gasteiger partial charge < -0.3 is 0 Å². The summed E-state index contributed by atoms with van der Waals surface area (Å²) in [6, 6.07) is 0. The van der Waals surface area contributed by atoms with Crippen LogP contribution in [0, 0.1) is 0 Å². The van der Waals surface area contributed by atoms with Gasteiger partial charge in [0.15, 0.2) is 0 Å². The molecule has 0 spiro atoms. The predicted octanol–water partition coefficient (Wildman–Crippen LogP) is 5.04. The van der Waals surface area contributed by atoms with Crippen molar-refractivity contribution in [3.63, 3.8) is 0 Å². The monoisotopic (exact) mass is 298 g/mol. The second-order valence-electron chi connectivity index (χ2n) is 7.39. The first-order valence-corrected chi connectivity index (χ1v) is 11.1. The third-order valence-corrected chi connectivity index (χ3v) is 12.5. The second kappa shape index (κ2) is 6.34. The van der Waals surface area contributed by atoms with E-state index in [1.165, 1.54) is 77.0 Å². The van der Waals surface area contributed by atoms with Gasteiger partial charge in [-0.05, 0) is 0 Å². The molecule has 0 aromatic rings. The Morgan fingerprint density at radius 1 is 0.750 bits per heavy atom. The minimum absolute atomic E-state index is 0.0300. The number of hydrogen-bond acceptors (Lipinski definition) is 2. The summed E-state index contributed by atoms with van der Waals surface area (Å²) in [4.78, 5) is 11.9. The second-order valence-corrected chi connectivity index (χ2v) is 11.8. The van der Waals surface area contributed by atoms with Crippen molar-refractivity contribution in [1.82, 2.24) is 0 Å². The molecule has 20 heavy (non-hydrogen) atoms. The molecule has 0 saturated heterocycles. The molecule has 2 nitrogen and oxygen atoms in total. The van der Waals surface area contributed by atoms with Gasteiger partial charge in [0.25, 0.3) is 0 Å². The van der Waals surface area contributed by atoms with Crippen molar-refractivity contribution in [3.05, 3.63) is 0 Å². The van der Waals surface area contributed by atoms with E-state index in [-0.39, 0.29) is 5.97 Å². The van der Waals surface area contributed by atoms with E-state index in [9.17, 15) is 4.79 Å². The van der Waals surface area contributed by atoms with Gasteiger partial charge in [0, 0.05) is 0 Å². The van der Waals surface area contributed by atoms with Gasteiger partial charge in [-0.25, -0.2) is 0 Å². The van der Waals surface area contributed by atoms with Crippen LogP contribution in [-0.4, -0.2) is 22.9 Å². The van der Waals surface area contributed by atoms with E-state index in [1.807, 2.05) is 0 Å². The molecule has 0 radical (unpaired) electrons. The van der Waals surface area contributed by atoms with Crippen LogP contribution in [0.3, 0.4) is 0 Å². The van der Waals surface area contributed by atoms with Crippen LogP contribution < -0.4 is 0 Å². The van der Waals surface area contributed by atoms with E-state index in [1.54, 1.807) is 6.92 Å². The van der Waals surface area contributed by atoms with Crippen molar-refractivity contribution < 1.29 is 9.32 Å². The van der Waals surface area contributed by atoms with Crippen LogP contribution in [-0.2, 0) is 9.32 Å². The Labute approximate surface area is 124 Å². The quantitative estimate of drug-likeness (QED) is 0.679. The zero-order valence-electron chi connectivity index (χ0n) is 13.0. The van der Waals surface area contributed by atoms with Crippen molar-refractivity contribution in [2.45, 2.75) is 101 Å². The molecule has 3 saturated carbocycles. The molecule has 0 atom stereocenters. The third-order valence-electron chi connectivity index (χ3n) is 6.30. The Morgan fingerprint density at radius 3 is 1.30 bits per heavy atom. The van der Waals surface area contributed by atoms with Crippen molar-refractivity contribution in [3.8, 4) is 0 Å². The number of carbonyl (C=O) groups excluding carboxylic acids is 1. The fourth-order valence-electron chi connectivity index (χ4n) is 5.63. The van der Waals surface area contributed by atoms with E-state index in [0.29, 0.717) is 0 Å². The topological polar surface area (TPSA) is 26.3 Å². The summed E-state index contributed by atoms with van der Waals surface area (Å²) >= 11 is 0. The molecule has 0 N–H and O–H groups in total. The first-order valence-electron chi connectivity index (χ1n) is 8.93. The molecular weight excluding hydrogens is 267 g/mol. The zero-order chi connectivity index (χ0) is 14.0. The average molecular weight is 298 g/mol. The first-order chi connectivity index (χ1) is 9.73. The maximum absolute atomic E-state index is 11.9. The van der Waals surface area contributed by atoms with Crippen LogP contribution in [0.25, 0.3) is 0 Å². The molecule has 3 rings (SSSR count). The summed E-state index contributed by atoms with van der Waals surface area (Å²) in [5.74, 6) is 0.0300. The average Bonchev–Trinajstić information content (AvgIpc) is 3.15. The van der Waals surface area contributed by atoms with Gasteiger partial charge in [0.1, 0.15) is 0 Å². The van der Waals surface area contributed by atoms with Crippen molar-refractivity contribution in [2.75, 3.05) is 0 Å². The van der Waals surface area contributed by atoms with Crippen molar-refractivity contribution in [1.29, 1.82) is 0 Å². The van der Waals surface area contributed by atoms with E-state index >= 15 is 0 Å². The van der Waals surface area contributed by atoms with Crippen LogP contribution in [0.4, 0.5) is 0 Å². The molecule has 0 amide bonds. The summed E-state index contributed by atoms with van der Waals surface area (Å²) in [5.41, 5.74) is 2.37. The van der Waals surface area contributed by atoms with Crippen LogP contribution in [0.2, 0.25) is 0 Å². The van der Waals surface area contributed by atoms with Crippen molar-refractivity contribution in [2.24, 2.45) is 0 Å². The summed E-state index contributed by atoms with van der Waals surface area (Å²) in [5, 5.41) is 0. The van der Waals surface area contributed by atoms with Crippen LogP contribution in [0.5, 0.6) is 0 Å². The number of hydrogen-bond donors (Lipinski definition) is 0. The Bertz CT molecular complexity index is 296. The summed E-state index contributed by atoms with van der Waals surface area (Å²) < 4.78 is 6.39. The first kappa shape index (κ1) is 14.8. The fraction of sp³-hybridized carbons (Fsp3) is 0.941. The van der Waals surface area contributed by atoms with Crippen LogP contribution in [0.15, 0.2) is 0 Å². The third kappa shape index (κ3) is 2.65. The van der Waals surface area contributed by atoms with Gasteiger partial charge in [-0.2, -0.15) is 0 Å². The zero-order valence-corrected chi connectivity index (χ0v) is 14.0. The Morgan fingerprint density at radius 2 is 1.05 bits per heavy atom. The van der Waals surface area contributed by atoms with Gasteiger partial charge in [-0.1, -0.05) is 0 Å². The van der Waals surface area contributed by atoms with Gasteiger partial charge in [0.05, 0.1) is 0 Å². The van der Waals surface area contributed by atoms with E-state index in [4.69, 9.17) is 4.52 Å². The molecule has 3 aliphatic carbocycles.